The van der Waals surface area contributed by atoms with E-state index in [-0.39, 0.29) is 30.3 Å². The molecule has 1 aromatic carbocycles. The quantitative estimate of drug-likeness (QED) is 0.848. The molecule has 1 fully saturated rings. The molecule has 3 rings (SSSR count). The SMILES string of the molecule is CC(C)c1ccc(C(C)CC(=O)N2CCNCC2c2nccn2C)cc1.Cl. The number of amides is 1. The van der Waals surface area contributed by atoms with Gasteiger partial charge in [0.25, 0.3) is 0 Å². The molecule has 0 radical (unpaired) electrons. The molecule has 2 aromatic rings. The molecule has 1 aliphatic heterocycles. The predicted octanol–water partition coefficient (Wildman–Crippen LogP) is 3.63. The summed E-state index contributed by atoms with van der Waals surface area (Å²) in [5, 5.41) is 3.39. The van der Waals surface area contributed by atoms with Crippen LogP contribution in [-0.2, 0) is 11.8 Å². The molecule has 2 atom stereocenters. The Balaban J connectivity index is 0.00000261. The molecule has 2 unspecified atom stereocenters. The number of halogens is 1. The van der Waals surface area contributed by atoms with Crippen molar-refractivity contribution in [3.05, 3.63) is 53.6 Å². The predicted molar refractivity (Wildman–Crippen MR) is 111 cm³/mol. The first kappa shape index (κ1) is 21.5. The van der Waals surface area contributed by atoms with E-state index in [2.05, 4.69) is 55.3 Å². The first-order chi connectivity index (χ1) is 12.5. The highest BCUT2D eigenvalue weighted by atomic mass is 35.5. The van der Waals surface area contributed by atoms with Crippen molar-refractivity contribution in [1.82, 2.24) is 19.8 Å². The van der Waals surface area contributed by atoms with E-state index in [1.807, 2.05) is 22.7 Å². The van der Waals surface area contributed by atoms with Crippen molar-refractivity contribution in [2.24, 2.45) is 7.05 Å². The minimum absolute atomic E-state index is 0. The van der Waals surface area contributed by atoms with Crippen molar-refractivity contribution >= 4 is 18.3 Å². The smallest absolute Gasteiger partial charge is 0.223 e. The minimum atomic E-state index is 0. The molecule has 2 heterocycles. The third kappa shape index (κ3) is 4.90. The number of carbonyl (C=O) groups excluding carboxylic acids is 1. The van der Waals surface area contributed by atoms with Crippen LogP contribution in [0.15, 0.2) is 36.7 Å². The molecule has 0 spiro atoms. The minimum Gasteiger partial charge on any atom is -0.336 e. The fourth-order valence-corrected chi connectivity index (χ4v) is 3.64. The topological polar surface area (TPSA) is 50.2 Å². The van der Waals surface area contributed by atoms with E-state index in [9.17, 15) is 4.79 Å². The van der Waals surface area contributed by atoms with Gasteiger partial charge < -0.3 is 14.8 Å². The Hall–Kier alpha value is -1.85. The number of aryl methyl sites for hydroxylation is 1. The number of benzene rings is 1. The van der Waals surface area contributed by atoms with Crippen molar-refractivity contribution in [3.63, 3.8) is 0 Å². The summed E-state index contributed by atoms with van der Waals surface area (Å²) in [4.78, 5) is 19.5. The van der Waals surface area contributed by atoms with Crippen LogP contribution in [0, 0.1) is 0 Å². The zero-order valence-corrected chi connectivity index (χ0v) is 17.5. The zero-order chi connectivity index (χ0) is 18.7. The maximum absolute atomic E-state index is 13.0. The lowest BCUT2D eigenvalue weighted by atomic mass is 9.93. The van der Waals surface area contributed by atoms with Gasteiger partial charge in [0, 0.05) is 45.5 Å². The van der Waals surface area contributed by atoms with E-state index >= 15 is 0 Å². The monoisotopic (exact) mass is 390 g/mol. The molecule has 0 aliphatic carbocycles. The summed E-state index contributed by atoms with van der Waals surface area (Å²) in [5.41, 5.74) is 2.57. The summed E-state index contributed by atoms with van der Waals surface area (Å²) in [6.45, 7) is 8.86. The first-order valence-corrected chi connectivity index (χ1v) is 9.54. The van der Waals surface area contributed by atoms with E-state index in [1.54, 1.807) is 6.20 Å². The Labute approximate surface area is 168 Å². The van der Waals surface area contributed by atoms with Gasteiger partial charge in [-0.05, 0) is 23.0 Å². The molecule has 1 aromatic heterocycles. The molecule has 6 heteroatoms. The van der Waals surface area contributed by atoms with Gasteiger partial charge >= 0.3 is 0 Å². The number of carbonyl (C=O) groups is 1. The lowest BCUT2D eigenvalue weighted by Gasteiger charge is -2.36. The summed E-state index contributed by atoms with van der Waals surface area (Å²) in [7, 11) is 1.98. The maximum Gasteiger partial charge on any atom is 0.223 e. The third-order valence-electron chi connectivity index (χ3n) is 5.37. The van der Waals surface area contributed by atoms with Crippen molar-refractivity contribution in [2.45, 2.75) is 45.1 Å². The average Bonchev–Trinajstić information content (AvgIpc) is 3.07. The van der Waals surface area contributed by atoms with E-state index in [1.165, 1.54) is 11.1 Å². The van der Waals surface area contributed by atoms with Crippen LogP contribution < -0.4 is 5.32 Å². The highest BCUT2D eigenvalue weighted by Gasteiger charge is 2.31. The Morgan fingerprint density at radius 3 is 2.48 bits per heavy atom. The summed E-state index contributed by atoms with van der Waals surface area (Å²) in [6.07, 6.45) is 4.26. The fraction of sp³-hybridized carbons (Fsp3) is 0.524. The maximum atomic E-state index is 13.0. The number of nitrogens with zero attached hydrogens (tertiary/aromatic N) is 3. The molecular weight excluding hydrogens is 360 g/mol. The number of imidazole rings is 1. The van der Waals surface area contributed by atoms with E-state index < -0.39 is 0 Å². The number of nitrogens with one attached hydrogen (secondary N) is 1. The number of aromatic nitrogens is 2. The van der Waals surface area contributed by atoms with Gasteiger partial charge in [-0.1, -0.05) is 45.0 Å². The van der Waals surface area contributed by atoms with Gasteiger partial charge in [0.1, 0.15) is 11.9 Å². The van der Waals surface area contributed by atoms with Gasteiger partial charge in [0.05, 0.1) is 0 Å². The third-order valence-corrected chi connectivity index (χ3v) is 5.37. The van der Waals surface area contributed by atoms with E-state index in [0.717, 1.165) is 25.5 Å². The van der Waals surface area contributed by atoms with Crippen LogP contribution in [0.2, 0.25) is 0 Å². The zero-order valence-electron chi connectivity index (χ0n) is 16.7. The molecule has 0 saturated carbocycles. The second-order valence-corrected chi connectivity index (χ2v) is 7.63. The van der Waals surface area contributed by atoms with Crippen LogP contribution in [0.5, 0.6) is 0 Å². The van der Waals surface area contributed by atoms with Crippen molar-refractivity contribution in [3.8, 4) is 0 Å². The second kappa shape index (κ2) is 9.38. The molecule has 27 heavy (non-hydrogen) atoms. The number of piperazine rings is 1. The van der Waals surface area contributed by atoms with Gasteiger partial charge in [-0.15, -0.1) is 12.4 Å². The van der Waals surface area contributed by atoms with Crippen LogP contribution in [0.25, 0.3) is 0 Å². The Morgan fingerprint density at radius 1 is 1.22 bits per heavy atom. The Kier molecular flexibility index (Phi) is 7.45. The van der Waals surface area contributed by atoms with Gasteiger partial charge in [-0.25, -0.2) is 4.98 Å². The molecule has 148 valence electrons. The lowest BCUT2D eigenvalue weighted by Crippen LogP contribution is -2.49. The van der Waals surface area contributed by atoms with Crippen LogP contribution in [0.1, 0.15) is 62.0 Å². The fourth-order valence-electron chi connectivity index (χ4n) is 3.64. The summed E-state index contributed by atoms with van der Waals surface area (Å²) in [5.74, 6) is 1.89. The Bertz CT molecular complexity index is 741. The van der Waals surface area contributed by atoms with Crippen LogP contribution >= 0.6 is 12.4 Å². The largest absolute Gasteiger partial charge is 0.336 e. The normalized spacial score (nSPS) is 18.3. The van der Waals surface area contributed by atoms with E-state index in [0.29, 0.717) is 12.3 Å². The second-order valence-electron chi connectivity index (χ2n) is 7.63. The van der Waals surface area contributed by atoms with Gasteiger partial charge in [0.15, 0.2) is 0 Å². The van der Waals surface area contributed by atoms with Crippen molar-refractivity contribution in [1.29, 1.82) is 0 Å². The highest BCUT2D eigenvalue weighted by molar-refractivity contribution is 5.85. The van der Waals surface area contributed by atoms with E-state index in [4.69, 9.17) is 0 Å². The van der Waals surface area contributed by atoms with Crippen LogP contribution in [-0.4, -0.2) is 40.0 Å². The molecule has 0 bridgehead atoms. The number of hydrogen-bond acceptors (Lipinski definition) is 3. The highest BCUT2D eigenvalue weighted by Crippen LogP contribution is 2.26. The molecule has 1 amide bonds. The van der Waals surface area contributed by atoms with Crippen molar-refractivity contribution in [2.75, 3.05) is 19.6 Å². The van der Waals surface area contributed by atoms with Gasteiger partial charge in [0.2, 0.25) is 5.91 Å². The molecule has 5 nitrogen and oxygen atoms in total. The number of hydrogen-bond donors (Lipinski definition) is 1. The lowest BCUT2D eigenvalue weighted by molar-refractivity contribution is -0.135. The standard InChI is InChI=1S/C21H30N4O.ClH/c1-15(2)17-5-7-18(8-6-17)16(3)13-20(26)25-12-9-22-14-19(25)21-23-10-11-24(21)4;/h5-8,10-11,15-16,19,22H,9,12-14H2,1-4H3;1H. The summed E-state index contributed by atoms with van der Waals surface area (Å²) < 4.78 is 2.01. The average molecular weight is 391 g/mol. The summed E-state index contributed by atoms with van der Waals surface area (Å²) in [6, 6.07) is 8.71. The first-order valence-electron chi connectivity index (χ1n) is 9.54. The van der Waals surface area contributed by atoms with Crippen LogP contribution in [0.4, 0.5) is 0 Å². The molecular formula is C21H31ClN4O. The van der Waals surface area contributed by atoms with Gasteiger partial charge in [-0.3, -0.25) is 4.79 Å². The molecule has 1 N–H and O–H groups in total. The van der Waals surface area contributed by atoms with Gasteiger partial charge in [-0.2, -0.15) is 0 Å². The summed E-state index contributed by atoms with van der Waals surface area (Å²) >= 11 is 0. The molecule has 1 saturated heterocycles. The molecule has 1 aliphatic rings. The van der Waals surface area contributed by atoms with Crippen molar-refractivity contribution < 1.29 is 4.79 Å². The Morgan fingerprint density at radius 2 is 1.89 bits per heavy atom. The number of rotatable bonds is 5. The van der Waals surface area contributed by atoms with Crippen LogP contribution in [0.3, 0.4) is 0 Å².